The number of nitrogens with zero attached hydrogens (tertiary/aromatic N) is 1. The lowest BCUT2D eigenvalue weighted by molar-refractivity contribution is -0.772. The minimum atomic E-state index is 0. The van der Waals surface area contributed by atoms with Crippen LogP contribution in [0.2, 0.25) is 0 Å². The minimum Gasteiger partial charge on any atom is -0.344 e. The Morgan fingerprint density at radius 2 is 1.82 bits per heavy atom. The van der Waals surface area contributed by atoms with Crippen molar-refractivity contribution in [2.45, 2.75) is 26.7 Å². The molecule has 11 heavy (non-hydrogen) atoms. The minimum absolute atomic E-state index is 0. The van der Waals surface area contributed by atoms with Crippen LogP contribution in [0.4, 0.5) is 0 Å². The van der Waals surface area contributed by atoms with E-state index in [9.17, 15) is 0 Å². The summed E-state index contributed by atoms with van der Waals surface area (Å²) in [5, 5.41) is 0. The molecule has 0 heterocycles. The molecule has 70 valence electrons. The largest absolute Gasteiger partial charge is 0.344 e. The van der Waals surface area contributed by atoms with Crippen molar-refractivity contribution in [2.24, 2.45) is 5.92 Å². The van der Waals surface area contributed by atoms with Crippen LogP contribution in [0.5, 0.6) is 0 Å². The Morgan fingerprint density at radius 1 is 1.36 bits per heavy atom. The Balaban J connectivity index is 0. The molecule has 0 aromatic heterocycles. The molecule has 2 nitrogen and oxygen atoms in total. The van der Waals surface area contributed by atoms with Gasteiger partial charge in [0.1, 0.15) is 0 Å². The average molecular weight is 182 g/mol. The molecule has 0 bridgehead atoms. The third-order valence-corrected chi connectivity index (χ3v) is 2.02. The maximum Gasteiger partial charge on any atom is 0.164 e. The molecule has 0 aliphatic heterocycles. The van der Waals surface area contributed by atoms with Gasteiger partial charge in [0.05, 0.1) is 20.6 Å². The van der Waals surface area contributed by atoms with Crippen molar-refractivity contribution >= 4 is 11.8 Å². The van der Waals surface area contributed by atoms with Gasteiger partial charge in [-0.3, -0.25) is 0 Å². The monoisotopic (exact) mass is 181 g/mol. The summed E-state index contributed by atoms with van der Waals surface area (Å²) in [5.74, 6) is 0.816. The Kier molecular flexibility index (Phi) is 7.28. The molecule has 1 unspecified atom stereocenters. The first-order valence-electron chi connectivity index (χ1n) is 3.98. The van der Waals surface area contributed by atoms with E-state index in [1.807, 2.05) is 14.1 Å². The van der Waals surface area contributed by atoms with Gasteiger partial charge in [-0.25, -0.2) is 4.00 Å². The van der Waals surface area contributed by atoms with Gasteiger partial charge in [0.2, 0.25) is 0 Å². The van der Waals surface area contributed by atoms with Gasteiger partial charge in [0, 0.05) is 6.42 Å². The van der Waals surface area contributed by atoms with Crippen molar-refractivity contribution in [1.29, 1.82) is 0 Å². The van der Waals surface area contributed by atoms with Crippen molar-refractivity contribution in [1.82, 2.24) is 6.15 Å². The van der Waals surface area contributed by atoms with Crippen molar-refractivity contribution in [3.63, 3.8) is 0 Å². The Bertz CT molecular complexity index is 88.6. The zero-order valence-electron chi connectivity index (χ0n) is 8.23. The zero-order chi connectivity index (χ0) is 8.20. The van der Waals surface area contributed by atoms with Crippen LogP contribution in [0.3, 0.4) is 0 Å². The van der Waals surface area contributed by atoms with Gasteiger partial charge in [-0.1, -0.05) is 20.3 Å². The SMILES string of the molecule is CCC(C)CC[N+](C)(C)Cl.N. The number of hydrogen-bond donors (Lipinski definition) is 1. The number of rotatable bonds is 4. The fourth-order valence-corrected chi connectivity index (χ4v) is 0.829. The average Bonchev–Trinajstić information content (AvgIpc) is 1.81. The van der Waals surface area contributed by atoms with E-state index >= 15 is 0 Å². The standard InChI is InChI=1S/C8H19ClN.H3N/c1-5-8(2)6-7-10(3,4)9;/h8H,5-7H2,1-4H3;1H3/q+1;. The second-order valence-electron chi connectivity index (χ2n) is 3.56. The lowest BCUT2D eigenvalue weighted by atomic mass is 10.1. The fraction of sp³-hybridized carbons (Fsp3) is 1.00. The highest BCUT2D eigenvalue weighted by molar-refractivity contribution is 6.06. The summed E-state index contributed by atoms with van der Waals surface area (Å²) < 4.78 is 0.574. The number of quaternary nitrogens is 1. The molecule has 0 aromatic rings. The van der Waals surface area contributed by atoms with Gasteiger partial charge in [-0.2, -0.15) is 0 Å². The second kappa shape index (κ2) is 5.81. The lowest BCUT2D eigenvalue weighted by Gasteiger charge is -2.19. The number of halogens is 1. The van der Waals surface area contributed by atoms with E-state index in [0.717, 1.165) is 12.5 Å². The molecular formula is C8H22ClN2+. The first-order valence-corrected chi connectivity index (χ1v) is 4.32. The molecule has 3 heteroatoms. The highest BCUT2D eigenvalue weighted by Crippen LogP contribution is 2.11. The summed E-state index contributed by atoms with van der Waals surface area (Å²) in [6.07, 6.45) is 2.49. The molecule has 0 aliphatic rings. The smallest absolute Gasteiger partial charge is 0.164 e. The van der Waals surface area contributed by atoms with Gasteiger partial charge in [-0.15, -0.1) is 0 Å². The van der Waals surface area contributed by atoms with E-state index < -0.39 is 0 Å². The molecule has 3 N–H and O–H groups in total. The summed E-state index contributed by atoms with van der Waals surface area (Å²) in [4.78, 5) is 0. The van der Waals surface area contributed by atoms with Crippen molar-refractivity contribution < 1.29 is 4.00 Å². The predicted molar refractivity (Wildman–Crippen MR) is 51.9 cm³/mol. The third-order valence-electron chi connectivity index (χ3n) is 1.85. The quantitative estimate of drug-likeness (QED) is 0.666. The molecule has 0 radical (unpaired) electrons. The zero-order valence-corrected chi connectivity index (χ0v) is 8.99. The molecule has 0 rings (SSSR count). The molecule has 0 spiro atoms. The van der Waals surface area contributed by atoms with Crippen LogP contribution >= 0.6 is 11.8 Å². The van der Waals surface area contributed by atoms with Gasteiger partial charge in [-0.05, 0) is 5.92 Å². The second-order valence-corrected chi connectivity index (χ2v) is 4.48. The molecule has 1 atom stereocenters. The van der Waals surface area contributed by atoms with Crippen molar-refractivity contribution in [3.8, 4) is 0 Å². The van der Waals surface area contributed by atoms with E-state index in [4.69, 9.17) is 11.8 Å². The summed E-state index contributed by atoms with van der Waals surface area (Å²) in [7, 11) is 4.04. The van der Waals surface area contributed by atoms with Crippen LogP contribution in [-0.2, 0) is 0 Å². The highest BCUT2D eigenvalue weighted by Gasteiger charge is 2.12. The highest BCUT2D eigenvalue weighted by atomic mass is 35.5. The van der Waals surface area contributed by atoms with Crippen LogP contribution in [0.1, 0.15) is 26.7 Å². The van der Waals surface area contributed by atoms with Gasteiger partial charge >= 0.3 is 0 Å². The first-order chi connectivity index (χ1) is 4.45. The topological polar surface area (TPSA) is 35.0 Å². The summed E-state index contributed by atoms with van der Waals surface area (Å²) in [6.45, 7) is 5.56. The molecule has 0 saturated heterocycles. The van der Waals surface area contributed by atoms with Gasteiger partial charge in [0.25, 0.3) is 0 Å². The van der Waals surface area contributed by atoms with E-state index in [0.29, 0.717) is 4.00 Å². The normalized spacial score (nSPS) is 13.9. The van der Waals surface area contributed by atoms with Gasteiger partial charge in [0.15, 0.2) is 11.8 Å². The fourth-order valence-electron chi connectivity index (χ4n) is 0.732. The molecular weight excluding hydrogens is 160 g/mol. The summed E-state index contributed by atoms with van der Waals surface area (Å²) in [6, 6.07) is 0. The maximum atomic E-state index is 5.97. The molecule has 0 fully saturated rings. The summed E-state index contributed by atoms with van der Waals surface area (Å²) in [5.41, 5.74) is 0. The van der Waals surface area contributed by atoms with Gasteiger partial charge < -0.3 is 6.15 Å². The molecule has 0 saturated carbocycles. The van der Waals surface area contributed by atoms with Crippen LogP contribution in [0.15, 0.2) is 0 Å². The third kappa shape index (κ3) is 10.2. The Hall–Kier alpha value is 0.210. The number of hydrogen-bond acceptors (Lipinski definition) is 1. The van der Waals surface area contributed by atoms with Crippen LogP contribution < -0.4 is 6.15 Å². The van der Waals surface area contributed by atoms with Crippen LogP contribution in [0.25, 0.3) is 0 Å². The van der Waals surface area contributed by atoms with E-state index in [-0.39, 0.29) is 6.15 Å². The van der Waals surface area contributed by atoms with E-state index in [1.165, 1.54) is 12.8 Å². The van der Waals surface area contributed by atoms with Crippen LogP contribution in [-0.4, -0.2) is 24.6 Å². The van der Waals surface area contributed by atoms with E-state index in [2.05, 4.69) is 13.8 Å². The maximum absolute atomic E-state index is 5.97. The Morgan fingerprint density at radius 3 is 2.09 bits per heavy atom. The molecule has 0 aliphatic carbocycles. The molecule has 0 amide bonds. The van der Waals surface area contributed by atoms with Crippen molar-refractivity contribution in [2.75, 3.05) is 20.6 Å². The first kappa shape index (κ1) is 13.8. The predicted octanol–water partition coefficient (Wildman–Crippen LogP) is 2.81. The Labute approximate surface area is 75.8 Å². The summed E-state index contributed by atoms with van der Waals surface area (Å²) >= 11 is 5.97. The van der Waals surface area contributed by atoms with E-state index in [1.54, 1.807) is 0 Å². The van der Waals surface area contributed by atoms with Crippen LogP contribution in [0, 0.1) is 5.92 Å². The van der Waals surface area contributed by atoms with Crippen molar-refractivity contribution in [3.05, 3.63) is 0 Å². The molecule has 0 aromatic carbocycles. The lowest BCUT2D eigenvalue weighted by Crippen LogP contribution is -2.29.